The van der Waals surface area contributed by atoms with E-state index >= 15 is 0 Å². The minimum absolute atomic E-state index is 0.00583. The number of nitrogens with one attached hydrogen (secondary N) is 1. The van der Waals surface area contributed by atoms with Crippen molar-refractivity contribution in [2.24, 2.45) is 5.92 Å². The highest BCUT2D eigenvalue weighted by molar-refractivity contribution is 5.76. The lowest BCUT2D eigenvalue weighted by atomic mass is 10.1. The largest absolute Gasteiger partial charge is 0.481 e. The first kappa shape index (κ1) is 17.9. The third-order valence-corrected chi connectivity index (χ3v) is 2.96. The van der Waals surface area contributed by atoms with Gasteiger partial charge in [0.1, 0.15) is 5.75 Å². The van der Waals surface area contributed by atoms with Crippen molar-refractivity contribution in [3.8, 4) is 5.75 Å². The van der Waals surface area contributed by atoms with Crippen molar-refractivity contribution < 1.29 is 28.2 Å². The zero-order chi connectivity index (χ0) is 16.5. The van der Waals surface area contributed by atoms with Crippen LogP contribution in [-0.2, 0) is 16.0 Å². The Morgan fingerprint density at radius 1 is 1.27 bits per heavy atom. The summed E-state index contributed by atoms with van der Waals surface area (Å²) in [6.07, 6.45) is 0.717. The van der Waals surface area contributed by atoms with Gasteiger partial charge >= 0.3 is 12.6 Å². The fourth-order valence-electron chi connectivity index (χ4n) is 1.84. The topological polar surface area (TPSA) is 75.6 Å². The lowest BCUT2D eigenvalue weighted by Gasteiger charge is -2.10. The van der Waals surface area contributed by atoms with Crippen LogP contribution in [0.15, 0.2) is 24.3 Å². The molecule has 0 heterocycles. The smallest absolute Gasteiger partial charge is 0.387 e. The molecule has 0 fully saturated rings. The third-order valence-electron chi connectivity index (χ3n) is 2.96. The second-order valence-corrected chi connectivity index (χ2v) is 5.03. The Bertz CT molecular complexity index is 491. The highest BCUT2D eigenvalue weighted by Gasteiger charge is 2.09. The monoisotopic (exact) mass is 315 g/mol. The molecular formula is C15H19F2NO4. The first-order chi connectivity index (χ1) is 10.4. The van der Waals surface area contributed by atoms with Crippen LogP contribution >= 0.6 is 0 Å². The fraction of sp³-hybridized carbons (Fsp3) is 0.467. The number of aryl methyl sites for hydroxylation is 1. The van der Waals surface area contributed by atoms with Crippen LogP contribution in [-0.4, -0.2) is 30.1 Å². The molecule has 1 unspecified atom stereocenters. The quantitative estimate of drug-likeness (QED) is 0.734. The first-order valence-corrected chi connectivity index (χ1v) is 6.89. The lowest BCUT2D eigenvalue weighted by molar-refractivity contribution is -0.138. The van der Waals surface area contributed by atoms with Crippen molar-refractivity contribution in [3.63, 3.8) is 0 Å². The van der Waals surface area contributed by atoms with Gasteiger partial charge in [-0.25, -0.2) is 0 Å². The molecule has 0 spiro atoms. The van der Waals surface area contributed by atoms with Gasteiger partial charge < -0.3 is 15.2 Å². The highest BCUT2D eigenvalue weighted by atomic mass is 19.3. The Morgan fingerprint density at radius 3 is 2.45 bits per heavy atom. The van der Waals surface area contributed by atoms with Crippen LogP contribution in [0.2, 0.25) is 0 Å². The number of carboxylic acids is 1. The van der Waals surface area contributed by atoms with E-state index < -0.39 is 12.6 Å². The van der Waals surface area contributed by atoms with Crippen LogP contribution < -0.4 is 10.1 Å². The molecule has 7 heteroatoms. The summed E-state index contributed by atoms with van der Waals surface area (Å²) < 4.78 is 28.2. The Kier molecular flexibility index (Phi) is 7.28. The average Bonchev–Trinajstić information content (AvgIpc) is 2.43. The normalized spacial score (nSPS) is 12.0. The molecule has 1 rings (SSSR count). The van der Waals surface area contributed by atoms with E-state index in [1.807, 2.05) is 0 Å². The zero-order valence-electron chi connectivity index (χ0n) is 12.2. The van der Waals surface area contributed by atoms with Gasteiger partial charge in [-0.1, -0.05) is 19.1 Å². The van der Waals surface area contributed by atoms with Crippen molar-refractivity contribution in [2.75, 3.05) is 6.54 Å². The number of carbonyl (C=O) groups is 2. The number of carboxylic acid groups (broad SMARTS) is 1. The predicted molar refractivity (Wildman–Crippen MR) is 75.8 cm³/mol. The molecule has 5 nitrogen and oxygen atoms in total. The zero-order valence-corrected chi connectivity index (χ0v) is 12.2. The van der Waals surface area contributed by atoms with Crippen molar-refractivity contribution in [1.29, 1.82) is 0 Å². The predicted octanol–water partition coefficient (Wildman–Crippen LogP) is 2.45. The molecule has 0 saturated heterocycles. The molecule has 2 N–H and O–H groups in total. The van der Waals surface area contributed by atoms with Gasteiger partial charge in [-0.15, -0.1) is 0 Å². The Labute approximate surface area is 127 Å². The van der Waals surface area contributed by atoms with E-state index in [1.54, 1.807) is 19.1 Å². The molecule has 0 aliphatic carbocycles. The average molecular weight is 315 g/mol. The molecule has 0 bridgehead atoms. The second kappa shape index (κ2) is 8.96. The minimum atomic E-state index is -2.86. The number of benzene rings is 1. The summed E-state index contributed by atoms with van der Waals surface area (Å²) in [6.45, 7) is -0.799. The number of rotatable bonds is 9. The summed E-state index contributed by atoms with van der Waals surface area (Å²) in [7, 11) is 0. The standard InChI is InChI=1S/C15H19F2NO4/c1-10(8-14(20)21)9-18-13(19)7-4-11-2-5-12(6-3-11)22-15(16)17/h2-3,5-6,10,15H,4,7-9H2,1H3,(H,18,19)(H,20,21). The van der Waals surface area contributed by atoms with Crippen LogP contribution in [0.5, 0.6) is 5.75 Å². The maximum absolute atomic E-state index is 12.0. The summed E-state index contributed by atoms with van der Waals surface area (Å²) in [6, 6.07) is 6.10. The van der Waals surface area contributed by atoms with Gasteiger partial charge in [-0.2, -0.15) is 8.78 Å². The third kappa shape index (κ3) is 7.56. The van der Waals surface area contributed by atoms with Gasteiger partial charge in [0.2, 0.25) is 5.91 Å². The molecule has 0 aromatic heterocycles. The van der Waals surface area contributed by atoms with E-state index in [-0.39, 0.29) is 30.4 Å². The molecule has 1 aromatic rings. The number of carbonyl (C=O) groups excluding carboxylic acids is 1. The van der Waals surface area contributed by atoms with E-state index in [9.17, 15) is 18.4 Å². The number of hydrogen-bond acceptors (Lipinski definition) is 3. The fourth-order valence-corrected chi connectivity index (χ4v) is 1.84. The Morgan fingerprint density at radius 2 is 1.91 bits per heavy atom. The van der Waals surface area contributed by atoms with E-state index in [1.165, 1.54) is 12.1 Å². The lowest BCUT2D eigenvalue weighted by Crippen LogP contribution is -2.29. The summed E-state index contributed by atoms with van der Waals surface area (Å²) in [4.78, 5) is 22.1. The van der Waals surface area contributed by atoms with Crippen molar-refractivity contribution in [1.82, 2.24) is 5.32 Å². The molecule has 0 saturated carbocycles. The Hall–Kier alpha value is -2.18. The molecule has 1 atom stereocenters. The minimum Gasteiger partial charge on any atom is -0.481 e. The number of amides is 1. The van der Waals surface area contributed by atoms with Gasteiger partial charge in [-0.05, 0) is 30.0 Å². The number of hydrogen-bond donors (Lipinski definition) is 2. The second-order valence-electron chi connectivity index (χ2n) is 5.03. The number of aliphatic carboxylic acids is 1. The summed E-state index contributed by atoms with van der Waals surface area (Å²) >= 11 is 0. The summed E-state index contributed by atoms with van der Waals surface area (Å²) in [5, 5.41) is 11.3. The van der Waals surface area contributed by atoms with Crippen LogP contribution in [0.1, 0.15) is 25.3 Å². The van der Waals surface area contributed by atoms with Gasteiger partial charge in [0, 0.05) is 19.4 Å². The first-order valence-electron chi connectivity index (χ1n) is 6.89. The van der Waals surface area contributed by atoms with Crippen molar-refractivity contribution in [2.45, 2.75) is 32.8 Å². The maximum atomic E-state index is 12.0. The van der Waals surface area contributed by atoms with Crippen LogP contribution in [0, 0.1) is 5.92 Å². The van der Waals surface area contributed by atoms with Crippen LogP contribution in [0.25, 0.3) is 0 Å². The number of ether oxygens (including phenoxy) is 1. The molecule has 1 aromatic carbocycles. The number of halogens is 2. The summed E-state index contributed by atoms with van der Waals surface area (Å²) in [5.74, 6) is -1.13. The van der Waals surface area contributed by atoms with E-state index in [0.717, 1.165) is 5.56 Å². The SMILES string of the molecule is CC(CNC(=O)CCc1ccc(OC(F)F)cc1)CC(=O)O. The van der Waals surface area contributed by atoms with Gasteiger partial charge in [0.05, 0.1) is 0 Å². The van der Waals surface area contributed by atoms with E-state index in [0.29, 0.717) is 13.0 Å². The van der Waals surface area contributed by atoms with Gasteiger partial charge in [-0.3, -0.25) is 9.59 Å². The molecule has 1 amide bonds. The number of alkyl halides is 2. The Balaban J connectivity index is 2.30. The summed E-state index contributed by atoms with van der Waals surface area (Å²) in [5.41, 5.74) is 0.829. The van der Waals surface area contributed by atoms with E-state index in [2.05, 4.69) is 10.1 Å². The van der Waals surface area contributed by atoms with Gasteiger partial charge in [0.15, 0.2) is 0 Å². The van der Waals surface area contributed by atoms with E-state index in [4.69, 9.17) is 5.11 Å². The van der Waals surface area contributed by atoms with Crippen LogP contribution in [0.3, 0.4) is 0 Å². The molecule has 0 aliphatic heterocycles. The van der Waals surface area contributed by atoms with Crippen molar-refractivity contribution in [3.05, 3.63) is 29.8 Å². The van der Waals surface area contributed by atoms with Gasteiger partial charge in [0.25, 0.3) is 0 Å². The van der Waals surface area contributed by atoms with Crippen molar-refractivity contribution >= 4 is 11.9 Å². The molecule has 0 aliphatic rings. The maximum Gasteiger partial charge on any atom is 0.387 e. The molecular weight excluding hydrogens is 296 g/mol. The molecule has 122 valence electrons. The molecule has 22 heavy (non-hydrogen) atoms. The van der Waals surface area contributed by atoms with Crippen LogP contribution in [0.4, 0.5) is 8.78 Å². The molecule has 0 radical (unpaired) electrons. The highest BCUT2D eigenvalue weighted by Crippen LogP contribution is 2.15.